The molecule has 3 heterocycles. The highest BCUT2D eigenvalue weighted by atomic mass is 16.3. The first-order chi connectivity index (χ1) is 11.1. The van der Waals surface area contributed by atoms with E-state index in [9.17, 15) is 4.79 Å². The zero-order valence-corrected chi connectivity index (χ0v) is 14.4. The van der Waals surface area contributed by atoms with E-state index in [4.69, 9.17) is 4.42 Å². The third-order valence-corrected chi connectivity index (χ3v) is 5.51. The summed E-state index contributed by atoms with van der Waals surface area (Å²) in [6.45, 7) is 7.16. The van der Waals surface area contributed by atoms with E-state index in [1.54, 1.807) is 12.5 Å². The fraction of sp³-hybridized carbons (Fsp3) is 0.722. The lowest BCUT2D eigenvalue weighted by atomic mass is 9.76. The molecule has 3 rings (SSSR count). The van der Waals surface area contributed by atoms with Gasteiger partial charge in [-0.15, -0.1) is 0 Å². The summed E-state index contributed by atoms with van der Waals surface area (Å²) in [5.41, 5.74) is 1.37. The standard InChI is InChI=1S/C18H29N3O2/c1-3-7-21-14-18(5-8-20(2)9-6-18)11-16(21)17(22)19-12-15-4-10-23-13-15/h4,10,13,16H,3,5-9,11-12,14H2,1-2H3,(H,19,22)/t16-/m1/s1. The van der Waals surface area contributed by atoms with Crippen molar-refractivity contribution in [1.82, 2.24) is 15.1 Å². The van der Waals surface area contributed by atoms with Gasteiger partial charge in [-0.1, -0.05) is 6.92 Å². The number of hydrogen-bond acceptors (Lipinski definition) is 4. The van der Waals surface area contributed by atoms with E-state index in [-0.39, 0.29) is 11.9 Å². The molecule has 0 radical (unpaired) electrons. The van der Waals surface area contributed by atoms with Crippen molar-refractivity contribution < 1.29 is 9.21 Å². The maximum Gasteiger partial charge on any atom is 0.237 e. The number of hydrogen-bond donors (Lipinski definition) is 1. The lowest BCUT2D eigenvalue weighted by Gasteiger charge is -2.37. The summed E-state index contributed by atoms with van der Waals surface area (Å²) in [7, 11) is 2.20. The molecule has 1 aromatic rings. The van der Waals surface area contributed by atoms with Gasteiger partial charge in [-0.3, -0.25) is 9.69 Å². The zero-order valence-electron chi connectivity index (χ0n) is 14.4. The topological polar surface area (TPSA) is 48.7 Å². The van der Waals surface area contributed by atoms with Crippen LogP contribution in [0.5, 0.6) is 0 Å². The van der Waals surface area contributed by atoms with Crippen LogP contribution in [-0.2, 0) is 11.3 Å². The Labute approximate surface area is 139 Å². The van der Waals surface area contributed by atoms with Gasteiger partial charge in [-0.2, -0.15) is 0 Å². The third kappa shape index (κ3) is 3.78. The van der Waals surface area contributed by atoms with E-state index in [1.807, 2.05) is 6.07 Å². The van der Waals surface area contributed by atoms with Crippen LogP contribution in [0, 0.1) is 5.41 Å². The van der Waals surface area contributed by atoms with Gasteiger partial charge in [0.25, 0.3) is 0 Å². The molecule has 2 aliphatic rings. The number of nitrogens with one attached hydrogen (secondary N) is 1. The number of carbonyl (C=O) groups excluding carboxylic acids is 1. The van der Waals surface area contributed by atoms with Gasteiger partial charge in [0.15, 0.2) is 0 Å². The van der Waals surface area contributed by atoms with Crippen molar-refractivity contribution in [2.75, 3.05) is 33.2 Å². The van der Waals surface area contributed by atoms with Crippen molar-refractivity contribution >= 4 is 5.91 Å². The molecular formula is C18H29N3O2. The Kier molecular flexibility index (Phi) is 5.07. The normalized spacial score (nSPS) is 25.0. The second kappa shape index (κ2) is 7.05. The molecule has 0 bridgehead atoms. The van der Waals surface area contributed by atoms with Crippen molar-refractivity contribution in [2.24, 2.45) is 5.41 Å². The van der Waals surface area contributed by atoms with Gasteiger partial charge in [-0.25, -0.2) is 0 Å². The zero-order chi connectivity index (χ0) is 16.3. The summed E-state index contributed by atoms with van der Waals surface area (Å²) >= 11 is 0. The number of likely N-dealkylation sites (tertiary alicyclic amines) is 2. The van der Waals surface area contributed by atoms with Gasteiger partial charge in [0.1, 0.15) is 0 Å². The fourth-order valence-corrected chi connectivity index (χ4v) is 4.08. The van der Waals surface area contributed by atoms with E-state index in [1.165, 1.54) is 12.8 Å². The second-order valence-corrected chi connectivity index (χ2v) is 7.34. The molecule has 2 aliphatic heterocycles. The Morgan fingerprint density at radius 3 is 2.87 bits per heavy atom. The second-order valence-electron chi connectivity index (χ2n) is 7.34. The molecule has 5 heteroatoms. The molecule has 0 aliphatic carbocycles. The van der Waals surface area contributed by atoms with Crippen molar-refractivity contribution in [3.8, 4) is 0 Å². The first-order valence-electron chi connectivity index (χ1n) is 8.83. The molecule has 23 heavy (non-hydrogen) atoms. The highest BCUT2D eigenvalue weighted by Crippen LogP contribution is 2.43. The SMILES string of the molecule is CCCN1CC2(CCN(C)CC2)C[C@@H]1C(=O)NCc1ccoc1. The van der Waals surface area contributed by atoms with Crippen molar-refractivity contribution in [1.29, 1.82) is 0 Å². The van der Waals surface area contributed by atoms with Crippen molar-refractivity contribution in [3.05, 3.63) is 24.2 Å². The smallest absolute Gasteiger partial charge is 0.237 e. The van der Waals surface area contributed by atoms with Gasteiger partial charge in [0, 0.05) is 18.7 Å². The Morgan fingerprint density at radius 1 is 1.43 bits per heavy atom. The van der Waals surface area contributed by atoms with Crippen LogP contribution in [0.2, 0.25) is 0 Å². The molecule has 1 aromatic heterocycles. The summed E-state index contributed by atoms with van der Waals surface area (Å²) in [6.07, 6.45) is 7.88. The Balaban J connectivity index is 1.62. The monoisotopic (exact) mass is 319 g/mol. The third-order valence-electron chi connectivity index (χ3n) is 5.51. The van der Waals surface area contributed by atoms with E-state index in [0.717, 1.165) is 44.6 Å². The van der Waals surface area contributed by atoms with Gasteiger partial charge >= 0.3 is 0 Å². The molecule has 128 valence electrons. The van der Waals surface area contributed by atoms with E-state index >= 15 is 0 Å². The summed E-state index contributed by atoms with van der Waals surface area (Å²) in [6, 6.07) is 1.93. The molecule has 1 atom stereocenters. The minimum Gasteiger partial charge on any atom is -0.472 e. The molecule has 5 nitrogen and oxygen atoms in total. The quantitative estimate of drug-likeness (QED) is 0.903. The van der Waals surface area contributed by atoms with Crippen molar-refractivity contribution in [2.45, 2.75) is 45.2 Å². The number of piperidine rings is 1. The predicted octanol–water partition coefficient (Wildman–Crippen LogP) is 2.09. The highest BCUT2D eigenvalue weighted by molar-refractivity contribution is 5.82. The molecule has 1 amide bonds. The number of carbonyl (C=O) groups is 1. The molecule has 1 spiro atoms. The van der Waals surface area contributed by atoms with Crippen LogP contribution in [0.1, 0.15) is 38.2 Å². The highest BCUT2D eigenvalue weighted by Gasteiger charge is 2.47. The van der Waals surface area contributed by atoms with Gasteiger partial charge < -0.3 is 14.6 Å². The number of nitrogens with zero attached hydrogens (tertiary/aromatic N) is 2. The molecule has 2 saturated heterocycles. The minimum absolute atomic E-state index is 0.0326. The molecule has 0 unspecified atom stereocenters. The first kappa shape index (κ1) is 16.5. The Bertz CT molecular complexity index is 506. The average molecular weight is 319 g/mol. The van der Waals surface area contributed by atoms with Crippen molar-refractivity contribution in [3.63, 3.8) is 0 Å². The largest absolute Gasteiger partial charge is 0.472 e. The molecule has 0 saturated carbocycles. The fourth-order valence-electron chi connectivity index (χ4n) is 4.08. The van der Waals surface area contributed by atoms with Crippen LogP contribution >= 0.6 is 0 Å². The van der Waals surface area contributed by atoms with Gasteiger partial charge in [0.2, 0.25) is 5.91 Å². The molecular weight excluding hydrogens is 290 g/mol. The van der Waals surface area contributed by atoms with Crippen LogP contribution < -0.4 is 5.32 Å². The van der Waals surface area contributed by atoms with Gasteiger partial charge in [-0.05, 0) is 63.8 Å². The van der Waals surface area contributed by atoms with Crippen LogP contribution in [-0.4, -0.2) is 55.0 Å². The number of furan rings is 1. The molecule has 2 fully saturated rings. The maximum absolute atomic E-state index is 12.7. The average Bonchev–Trinajstić information content (AvgIpc) is 3.17. The predicted molar refractivity (Wildman–Crippen MR) is 90.0 cm³/mol. The number of amides is 1. The summed E-state index contributed by atoms with van der Waals surface area (Å²) in [5.74, 6) is 0.176. The van der Waals surface area contributed by atoms with Crippen LogP contribution in [0.25, 0.3) is 0 Å². The van der Waals surface area contributed by atoms with E-state index < -0.39 is 0 Å². The summed E-state index contributed by atoms with van der Waals surface area (Å²) < 4.78 is 5.07. The minimum atomic E-state index is 0.0326. The van der Waals surface area contributed by atoms with E-state index in [0.29, 0.717) is 12.0 Å². The Morgan fingerprint density at radius 2 is 2.22 bits per heavy atom. The lowest BCUT2D eigenvalue weighted by molar-refractivity contribution is -0.125. The Hall–Kier alpha value is -1.33. The summed E-state index contributed by atoms with van der Waals surface area (Å²) in [4.78, 5) is 17.5. The van der Waals surface area contributed by atoms with Gasteiger partial charge in [0.05, 0.1) is 18.6 Å². The maximum atomic E-state index is 12.7. The van der Waals surface area contributed by atoms with Crippen LogP contribution in [0.15, 0.2) is 23.0 Å². The van der Waals surface area contributed by atoms with Crippen LogP contribution in [0.3, 0.4) is 0 Å². The number of rotatable bonds is 5. The lowest BCUT2D eigenvalue weighted by Crippen LogP contribution is -2.43. The van der Waals surface area contributed by atoms with Crippen LogP contribution in [0.4, 0.5) is 0 Å². The first-order valence-corrected chi connectivity index (χ1v) is 8.83. The summed E-state index contributed by atoms with van der Waals surface area (Å²) in [5, 5.41) is 3.10. The molecule has 0 aromatic carbocycles. The molecule has 1 N–H and O–H groups in total. The van der Waals surface area contributed by atoms with E-state index in [2.05, 4.69) is 29.1 Å².